The summed E-state index contributed by atoms with van der Waals surface area (Å²) >= 11 is 0. The van der Waals surface area contributed by atoms with Crippen LogP contribution in [0, 0.1) is 5.92 Å². The molecule has 1 N–H and O–H groups in total. The number of aliphatic hydroxyl groups is 1. The zero-order chi connectivity index (χ0) is 19.2. The lowest BCUT2D eigenvalue weighted by molar-refractivity contribution is -0.157. The van der Waals surface area contributed by atoms with Crippen LogP contribution in [-0.2, 0) is 23.8 Å². The van der Waals surface area contributed by atoms with Gasteiger partial charge in [0, 0.05) is 12.0 Å². The molecule has 0 aromatic rings. The van der Waals surface area contributed by atoms with Crippen LogP contribution in [0.2, 0.25) is 0 Å². The predicted molar refractivity (Wildman–Crippen MR) is 94.1 cm³/mol. The lowest BCUT2D eigenvalue weighted by Gasteiger charge is -2.28. The number of carbonyl (C=O) groups is 2. The van der Waals surface area contributed by atoms with Crippen molar-refractivity contribution >= 4 is 11.9 Å². The first-order valence-electron chi connectivity index (χ1n) is 8.94. The molecule has 0 amide bonds. The van der Waals surface area contributed by atoms with Gasteiger partial charge in [0.1, 0.15) is 12.2 Å². The van der Waals surface area contributed by atoms with E-state index in [4.69, 9.17) is 14.2 Å². The Bertz CT molecular complexity index is 705. The van der Waals surface area contributed by atoms with E-state index in [1.807, 2.05) is 19.9 Å². The number of esters is 2. The van der Waals surface area contributed by atoms with Gasteiger partial charge in [-0.05, 0) is 45.8 Å². The summed E-state index contributed by atoms with van der Waals surface area (Å²) in [6.45, 7) is 11.1. The van der Waals surface area contributed by atoms with Crippen LogP contribution in [0.25, 0.3) is 0 Å². The molecule has 0 aromatic heterocycles. The molecule has 2 aliphatic heterocycles. The molecule has 26 heavy (non-hydrogen) atoms. The van der Waals surface area contributed by atoms with E-state index in [1.165, 1.54) is 0 Å². The smallest absolute Gasteiger partial charge is 0.341 e. The molecule has 2 fully saturated rings. The van der Waals surface area contributed by atoms with Crippen LogP contribution in [-0.4, -0.2) is 47.1 Å². The number of hydrogen-bond acceptors (Lipinski definition) is 6. The van der Waals surface area contributed by atoms with Crippen molar-refractivity contribution in [3.63, 3.8) is 0 Å². The fraction of sp³-hybridized carbons (Fsp3) is 0.600. The van der Waals surface area contributed by atoms with Crippen LogP contribution in [0.1, 0.15) is 40.5 Å². The maximum atomic E-state index is 12.6. The summed E-state index contributed by atoms with van der Waals surface area (Å²) in [5, 5.41) is 10.2. The minimum absolute atomic E-state index is 0.191. The monoisotopic (exact) mass is 362 g/mol. The zero-order valence-corrected chi connectivity index (χ0v) is 15.7. The van der Waals surface area contributed by atoms with Crippen molar-refractivity contribution in [2.24, 2.45) is 5.92 Å². The number of aliphatic hydroxyl groups excluding tert-OH is 1. The van der Waals surface area contributed by atoms with Crippen LogP contribution >= 0.6 is 0 Å². The number of ether oxygens (including phenoxy) is 3. The molecule has 2 saturated heterocycles. The van der Waals surface area contributed by atoms with E-state index in [1.54, 1.807) is 19.9 Å². The second kappa shape index (κ2) is 6.67. The summed E-state index contributed by atoms with van der Waals surface area (Å²) < 4.78 is 16.6. The van der Waals surface area contributed by atoms with Gasteiger partial charge in [0.05, 0.1) is 18.1 Å². The van der Waals surface area contributed by atoms with Crippen molar-refractivity contribution in [2.75, 3.05) is 0 Å². The van der Waals surface area contributed by atoms with Crippen molar-refractivity contribution < 1.29 is 28.9 Å². The molecule has 6 nitrogen and oxygen atoms in total. The molecule has 0 radical (unpaired) electrons. The molecule has 6 atom stereocenters. The Kier molecular flexibility index (Phi) is 4.84. The topological polar surface area (TPSA) is 85.4 Å². The van der Waals surface area contributed by atoms with Crippen molar-refractivity contribution in [1.29, 1.82) is 0 Å². The fourth-order valence-corrected chi connectivity index (χ4v) is 3.49. The second-order valence-electron chi connectivity index (χ2n) is 7.65. The summed E-state index contributed by atoms with van der Waals surface area (Å²) in [6, 6.07) is 0. The van der Waals surface area contributed by atoms with Gasteiger partial charge in [0.25, 0.3) is 0 Å². The number of hydrogen-bond donors (Lipinski definition) is 1. The third-order valence-corrected chi connectivity index (χ3v) is 5.63. The molecule has 6 unspecified atom stereocenters. The molecule has 0 spiro atoms. The average molecular weight is 362 g/mol. The fourth-order valence-electron chi connectivity index (χ4n) is 3.49. The normalized spacial score (nSPS) is 44.1. The van der Waals surface area contributed by atoms with Crippen LogP contribution < -0.4 is 0 Å². The minimum atomic E-state index is -0.935. The van der Waals surface area contributed by atoms with Gasteiger partial charge in [0.15, 0.2) is 5.60 Å². The number of epoxide rings is 1. The third kappa shape index (κ3) is 3.35. The molecule has 142 valence electrons. The maximum Gasteiger partial charge on any atom is 0.341 e. The summed E-state index contributed by atoms with van der Waals surface area (Å²) in [5.74, 6) is -1.43. The summed E-state index contributed by atoms with van der Waals surface area (Å²) in [6.07, 6.45) is 2.53. The van der Waals surface area contributed by atoms with Crippen molar-refractivity contribution in [3.05, 3.63) is 35.5 Å². The van der Waals surface area contributed by atoms with Crippen LogP contribution in [0.3, 0.4) is 0 Å². The second-order valence-corrected chi connectivity index (χ2v) is 7.65. The standard InChI is InChI=1S/C20H26O6/c1-10-6-7-14(21)11(2)9-16-17(12(3)18(22)24-16)15(8-10)25-19(23)20(5)13(4)26-20/h6,9,13-17,21H,3,7-8H2,1-2,4-5H3/b10-6-,11-9-. The molecule has 0 saturated carbocycles. The molecular weight excluding hydrogens is 336 g/mol. The van der Waals surface area contributed by atoms with Gasteiger partial charge in [0.2, 0.25) is 0 Å². The van der Waals surface area contributed by atoms with Crippen molar-refractivity contribution in [2.45, 2.75) is 70.6 Å². The molecule has 0 aromatic carbocycles. The van der Waals surface area contributed by atoms with E-state index >= 15 is 0 Å². The van der Waals surface area contributed by atoms with E-state index < -0.39 is 41.8 Å². The van der Waals surface area contributed by atoms with Crippen molar-refractivity contribution in [3.8, 4) is 0 Å². The Morgan fingerprint density at radius 3 is 2.69 bits per heavy atom. The first-order chi connectivity index (χ1) is 12.1. The molecule has 1 aliphatic carbocycles. The summed E-state index contributed by atoms with van der Waals surface area (Å²) in [7, 11) is 0. The quantitative estimate of drug-likeness (QED) is 0.351. The van der Waals surface area contributed by atoms with Crippen LogP contribution in [0.5, 0.6) is 0 Å². The summed E-state index contributed by atoms with van der Waals surface area (Å²) in [5.41, 5.74) is 1.03. The van der Waals surface area contributed by atoms with Gasteiger partial charge in [-0.3, -0.25) is 0 Å². The summed E-state index contributed by atoms with van der Waals surface area (Å²) in [4.78, 5) is 24.7. The van der Waals surface area contributed by atoms with Crippen molar-refractivity contribution in [1.82, 2.24) is 0 Å². The van der Waals surface area contributed by atoms with Crippen LogP contribution in [0.15, 0.2) is 35.5 Å². The molecule has 3 rings (SSSR count). The van der Waals surface area contributed by atoms with Gasteiger partial charge in [-0.25, -0.2) is 9.59 Å². The Morgan fingerprint density at radius 1 is 1.42 bits per heavy atom. The van der Waals surface area contributed by atoms with Gasteiger partial charge in [-0.2, -0.15) is 0 Å². The number of carbonyl (C=O) groups excluding carboxylic acids is 2. The zero-order valence-electron chi connectivity index (χ0n) is 15.7. The largest absolute Gasteiger partial charge is 0.459 e. The first kappa shape index (κ1) is 18.9. The average Bonchev–Trinajstić information content (AvgIpc) is 3.09. The lowest BCUT2D eigenvalue weighted by atomic mass is 9.85. The highest BCUT2D eigenvalue weighted by atomic mass is 16.7. The van der Waals surface area contributed by atoms with Gasteiger partial charge >= 0.3 is 11.9 Å². The Balaban J connectivity index is 1.93. The number of fused-ring (bicyclic) bond motifs is 1. The lowest BCUT2D eigenvalue weighted by Crippen LogP contribution is -2.37. The van der Waals surface area contributed by atoms with E-state index in [0.717, 1.165) is 5.57 Å². The highest BCUT2D eigenvalue weighted by Crippen LogP contribution is 2.40. The van der Waals surface area contributed by atoms with Gasteiger partial charge < -0.3 is 19.3 Å². The first-order valence-corrected chi connectivity index (χ1v) is 8.94. The molecule has 2 heterocycles. The van der Waals surface area contributed by atoms with Gasteiger partial charge in [-0.1, -0.05) is 18.2 Å². The molecular formula is C20H26O6. The molecule has 3 aliphatic rings. The van der Waals surface area contributed by atoms with E-state index in [2.05, 4.69) is 6.58 Å². The maximum absolute atomic E-state index is 12.6. The molecule has 0 bridgehead atoms. The SMILES string of the molecule is C=C1C(=O)OC2/C=C(/C)C(O)C/C=C(/C)CC(OC(=O)C3(C)OC3C)C12. The van der Waals surface area contributed by atoms with Gasteiger partial charge in [-0.15, -0.1) is 0 Å². The van der Waals surface area contributed by atoms with E-state index in [9.17, 15) is 14.7 Å². The van der Waals surface area contributed by atoms with E-state index in [0.29, 0.717) is 18.4 Å². The molecule has 6 heteroatoms. The Labute approximate surface area is 153 Å². The number of rotatable bonds is 2. The Morgan fingerprint density at radius 2 is 2.08 bits per heavy atom. The van der Waals surface area contributed by atoms with Crippen LogP contribution in [0.4, 0.5) is 0 Å². The minimum Gasteiger partial charge on any atom is -0.459 e. The third-order valence-electron chi connectivity index (χ3n) is 5.63. The highest BCUT2D eigenvalue weighted by Gasteiger charge is 2.58. The predicted octanol–water partition coefficient (Wildman–Crippen LogP) is 2.22. The van der Waals surface area contributed by atoms with E-state index in [-0.39, 0.29) is 11.7 Å². The highest BCUT2D eigenvalue weighted by molar-refractivity contribution is 5.91. The Hall–Kier alpha value is -1.92.